The van der Waals surface area contributed by atoms with Crippen molar-refractivity contribution in [3.05, 3.63) is 59.4 Å². The molecule has 0 aromatic heterocycles. The Morgan fingerprint density at radius 1 is 1.18 bits per heavy atom. The van der Waals surface area contributed by atoms with E-state index in [4.69, 9.17) is 4.74 Å². The largest absolute Gasteiger partial charge is 0.372 e. The number of benzene rings is 2. The van der Waals surface area contributed by atoms with Crippen LogP contribution in [0, 0.1) is 12.7 Å². The molecule has 2 aromatic rings. The maximum Gasteiger partial charge on any atom is 0.123 e. The van der Waals surface area contributed by atoms with Gasteiger partial charge in [0.05, 0.1) is 12.7 Å². The highest BCUT2D eigenvalue weighted by atomic mass is 35.5. The van der Waals surface area contributed by atoms with Gasteiger partial charge in [-0.15, -0.1) is 12.4 Å². The number of halogens is 2. The van der Waals surface area contributed by atoms with E-state index in [2.05, 4.69) is 17.4 Å². The lowest BCUT2D eigenvalue weighted by atomic mass is 9.96. The average Bonchev–Trinajstić information content (AvgIpc) is 2.99. The van der Waals surface area contributed by atoms with Crippen molar-refractivity contribution in [1.29, 1.82) is 0 Å². The Morgan fingerprint density at radius 3 is 2.73 bits per heavy atom. The van der Waals surface area contributed by atoms with Crippen LogP contribution in [0.25, 0.3) is 11.1 Å². The van der Waals surface area contributed by atoms with Gasteiger partial charge in [-0.2, -0.15) is 0 Å². The van der Waals surface area contributed by atoms with Crippen LogP contribution >= 0.6 is 12.4 Å². The predicted octanol–water partition coefficient (Wildman–Crippen LogP) is 4.10. The van der Waals surface area contributed by atoms with E-state index in [9.17, 15) is 4.39 Å². The first-order valence-electron chi connectivity index (χ1n) is 7.41. The van der Waals surface area contributed by atoms with Crippen molar-refractivity contribution in [2.24, 2.45) is 0 Å². The van der Waals surface area contributed by atoms with Crippen LogP contribution in [-0.2, 0) is 11.3 Å². The van der Waals surface area contributed by atoms with Gasteiger partial charge in [-0.3, -0.25) is 0 Å². The zero-order valence-electron chi connectivity index (χ0n) is 12.6. The summed E-state index contributed by atoms with van der Waals surface area (Å²) in [7, 11) is 0. The molecule has 118 valence electrons. The van der Waals surface area contributed by atoms with Crippen LogP contribution in [0.15, 0.2) is 42.5 Å². The van der Waals surface area contributed by atoms with Crippen molar-refractivity contribution in [2.75, 3.05) is 13.1 Å². The smallest absolute Gasteiger partial charge is 0.123 e. The molecule has 0 aliphatic carbocycles. The van der Waals surface area contributed by atoms with Gasteiger partial charge >= 0.3 is 0 Å². The normalized spacial score (nSPS) is 17.3. The maximum absolute atomic E-state index is 13.3. The van der Waals surface area contributed by atoms with E-state index >= 15 is 0 Å². The molecular formula is C18H21ClFNO. The Balaban J connectivity index is 0.00000176. The number of ether oxygens (including phenoxy) is 1. The molecule has 3 rings (SSSR count). The summed E-state index contributed by atoms with van der Waals surface area (Å²) in [4.78, 5) is 0. The molecule has 0 bridgehead atoms. The molecule has 4 heteroatoms. The first-order chi connectivity index (χ1) is 10.2. The lowest BCUT2D eigenvalue weighted by Gasteiger charge is -2.15. The van der Waals surface area contributed by atoms with Gasteiger partial charge in [0.25, 0.3) is 0 Å². The number of aryl methyl sites for hydroxylation is 1. The molecule has 1 N–H and O–H groups in total. The van der Waals surface area contributed by atoms with Crippen LogP contribution in [-0.4, -0.2) is 19.2 Å². The number of hydrogen-bond acceptors (Lipinski definition) is 2. The molecule has 1 heterocycles. The summed E-state index contributed by atoms with van der Waals surface area (Å²) < 4.78 is 19.3. The van der Waals surface area contributed by atoms with E-state index in [0.717, 1.165) is 41.8 Å². The Hall–Kier alpha value is -1.42. The quantitative estimate of drug-likeness (QED) is 0.915. The van der Waals surface area contributed by atoms with Crippen molar-refractivity contribution in [1.82, 2.24) is 5.32 Å². The molecule has 0 unspecified atom stereocenters. The molecule has 0 spiro atoms. The molecule has 1 aliphatic heterocycles. The minimum atomic E-state index is -0.193. The minimum Gasteiger partial charge on any atom is -0.372 e. The lowest BCUT2D eigenvalue weighted by molar-refractivity contribution is 0.0545. The molecular weight excluding hydrogens is 301 g/mol. The molecule has 2 aromatic carbocycles. The van der Waals surface area contributed by atoms with E-state index in [0.29, 0.717) is 12.7 Å². The summed E-state index contributed by atoms with van der Waals surface area (Å²) in [5.74, 6) is -0.193. The molecule has 1 atom stereocenters. The first-order valence-corrected chi connectivity index (χ1v) is 7.41. The number of rotatable bonds is 4. The van der Waals surface area contributed by atoms with Gasteiger partial charge in [0.1, 0.15) is 5.82 Å². The fourth-order valence-electron chi connectivity index (χ4n) is 2.82. The Labute approximate surface area is 137 Å². The highest BCUT2D eigenvalue weighted by Crippen LogP contribution is 2.28. The second-order valence-electron chi connectivity index (χ2n) is 5.54. The third kappa shape index (κ3) is 3.86. The third-order valence-corrected chi connectivity index (χ3v) is 3.99. The van der Waals surface area contributed by atoms with E-state index in [1.807, 2.05) is 25.1 Å². The summed E-state index contributed by atoms with van der Waals surface area (Å²) in [5.41, 5.74) is 4.30. The highest BCUT2D eigenvalue weighted by molar-refractivity contribution is 5.85. The molecule has 0 saturated carbocycles. The summed E-state index contributed by atoms with van der Waals surface area (Å²) >= 11 is 0. The standard InChI is InChI=1S/C18H20FNO.ClH/c1-13-10-15(19)6-7-17(13)18-5-3-2-4-14(18)12-21-16-8-9-20-11-16;/h2-7,10,16,20H,8-9,11-12H2,1H3;1H/t16-;/m0./s1. The fourth-order valence-corrected chi connectivity index (χ4v) is 2.82. The molecule has 2 nitrogen and oxygen atoms in total. The monoisotopic (exact) mass is 321 g/mol. The Bertz CT molecular complexity index is 626. The SMILES string of the molecule is Cc1cc(F)ccc1-c1ccccc1CO[C@H]1CCNC1.Cl. The number of hydrogen-bond donors (Lipinski definition) is 1. The van der Waals surface area contributed by atoms with Gasteiger partial charge in [0, 0.05) is 6.54 Å². The first kappa shape index (κ1) is 16.9. The van der Waals surface area contributed by atoms with Gasteiger partial charge in [-0.25, -0.2) is 4.39 Å². The molecule has 22 heavy (non-hydrogen) atoms. The van der Waals surface area contributed by atoms with E-state index in [-0.39, 0.29) is 18.2 Å². The van der Waals surface area contributed by atoms with Crippen LogP contribution in [0.1, 0.15) is 17.5 Å². The highest BCUT2D eigenvalue weighted by Gasteiger charge is 2.16. The Kier molecular flexibility index (Phi) is 5.95. The van der Waals surface area contributed by atoms with E-state index in [1.165, 1.54) is 6.07 Å². The predicted molar refractivity (Wildman–Crippen MR) is 89.9 cm³/mol. The number of nitrogens with one attached hydrogen (secondary N) is 1. The summed E-state index contributed by atoms with van der Waals surface area (Å²) in [5, 5.41) is 3.30. The minimum absolute atomic E-state index is 0. The average molecular weight is 322 g/mol. The van der Waals surface area contributed by atoms with Gasteiger partial charge in [0.2, 0.25) is 0 Å². The van der Waals surface area contributed by atoms with Crippen LogP contribution in [0.4, 0.5) is 4.39 Å². The second kappa shape index (κ2) is 7.73. The van der Waals surface area contributed by atoms with Crippen molar-refractivity contribution >= 4 is 12.4 Å². The van der Waals surface area contributed by atoms with Crippen LogP contribution in [0.2, 0.25) is 0 Å². The summed E-state index contributed by atoms with van der Waals surface area (Å²) in [6.45, 7) is 4.50. The van der Waals surface area contributed by atoms with Gasteiger partial charge in [-0.1, -0.05) is 30.3 Å². The topological polar surface area (TPSA) is 21.3 Å². The summed E-state index contributed by atoms with van der Waals surface area (Å²) in [6.07, 6.45) is 1.37. The second-order valence-corrected chi connectivity index (χ2v) is 5.54. The van der Waals surface area contributed by atoms with E-state index in [1.54, 1.807) is 6.07 Å². The van der Waals surface area contributed by atoms with Crippen molar-refractivity contribution < 1.29 is 9.13 Å². The Morgan fingerprint density at radius 2 is 2.00 bits per heavy atom. The van der Waals surface area contributed by atoms with Crippen molar-refractivity contribution in [2.45, 2.75) is 26.1 Å². The molecule has 1 aliphatic rings. The van der Waals surface area contributed by atoms with E-state index < -0.39 is 0 Å². The van der Waals surface area contributed by atoms with Gasteiger partial charge in [-0.05, 0) is 54.3 Å². The lowest BCUT2D eigenvalue weighted by Crippen LogP contribution is -2.16. The van der Waals surface area contributed by atoms with Crippen LogP contribution < -0.4 is 5.32 Å². The molecule has 1 saturated heterocycles. The van der Waals surface area contributed by atoms with Crippen LogP contribution in [0.5, 0.6) is 0 Å². The third-order valence-electron chi connectivity index (χ3n) is 3.99. The van der Waals surface area contributed by atoms with Crippen LogP contribution in [0.3, 0.4) is 0 Å². The van der Waals surface area contributed by atoms with Gasteiger partial charge in [0.15, 0.2) is 0 Å². The fraction of sp³-hybridized carbons (Fsp3) is 0.333. The zero-order chi connectivity index (χ0) is 14.7. The van der Waals surface area contributed by atoms with Crippen molar-refractivity contribution in [3.8, 4) is 11.1 Å². The molecule has 1 fully saturated rings. The maximum atomic E-state index is 13.3. The molecule has 0 amide bonds. The summed E-state index contributed by atoms with van der Waals surface area (Å²) in [6, 6.07) is 13.1. The van der Waals surface area contributed by atoms with Gasteiger partial charge < -0.3 is 10.1 Å². The van der Waals surface area contributed by atoms with Crippen molar-refractivity contribution in [3.63, 3.8) is 0 Å². The zero-order valence-corrected chi connectivity index (χ0v) is 13.5. The molecule has 0 radical (unpaired) electrons.